The molecule has 0 amide bonds. The number of hydrogen-bond donors (Lipinski definition) is 2. The Morgan fingerprint density at radius 1 is 1.40 bits per heavy atom. The number of nitrogens with two attached hydrogens (primary N) is 1. The molecule has 0 bridgehead atoms. The molecule has 0 heterocycles. The Hall–Kier alpha value is -0.343. The SMILES string of the molecule is C#C[C@](N)(CO)CO[Si](C)(C)C(C)(C)C. The van der Waals surface area contributed by atoms with E-state index < -0.39 is 13.9 Å². The average Bonchev–Trinajstić information content (AvgIpc) is 2.13. The van der Waals surface area contributed by atoms with Crippen molar-refractivity contribution in [3.05, 3.63) is 0 Å². The zero-order chi connectivity index (χ0) is 12.3. The van der Waals surface area contributed by atoms with E-state index >= 15 is 0 Å². The maximum absolute atomic E-state index is 9.05. The second kappa shape index (κ2) is 4.66. The fraction of sp³-hybridized carbons (Fsp3) is 0.818. The van der Waals surface area contributed by atoms with Gasteiger partial charge >= 0.3 is 0 Å². The van der Waals surface area contributed by atoms with Gasteiger partial charge in [-0.15, -0.1) is 6.42 Å². The average molecular weight is 229 g/mol. The van der Waals surface area contributed by atoms with Crippen LogP contribution in [0.2, 0.25) is 18.1 Å². The van der Waals surface area contributed by atoms with Crippen molar-refractivity contribution in [3.63, 3.8) is 0 Å². The van der Waals surface area contributed by atoms with Crippen molar-refractivity contribution >= 4 is 8.32 Å². The van der Waals surface area contributed by atoms with Crippen LogP contribution >= 0.6 is 0 Å². The summed E-state index contributed by atoms with van der Waals surface area (Å²) < 4.78 is 5.85. The smallest absolute Gasteiger partial charge is 0.192 e. The van der Waals surface area contributed by atoms with Crippen molar-refractivity contribution in [1.29, 1.82) is 0 Å². The molecule has 3 nitrogen and oxygen atoms in total. The first-order valence-electron chi connectivity index (χ1n) is 5.09. The Morgan fingerprint density at radius 2 is 1.87 bits per heavy atom. The molecule has 0 spiro atoms. The molecule has 0 aromatic rings. The Bertz CT molecular complexity index is 252. The molecule has 4 heteroatoms. The minimum absolute atomic E-state index is 0.123. The van der Waals surface area contributed by atoms with Gasteiger partial charge < -0.3 is 15.3 Å². The van der Waals surface area contributed by atoms with E-state index in [1.165, 1.54) is 0 Å². The third kappa shape index (κ3) is 3.96. The molecule has 0 aromatic heterocycles. The highest BCUT2D eigenvalue weighted by molar-refractivity contribution is 6.74. The summed E-state index contributed by atoms with van der Waals surface area (Å²) in [5, 5.41) is 9.18. The predicted octanol–water partition coefficient (Wildman–Crippen LogP) is 1.33. The highest BCUT2D eigenvalue weighted by Gasteiger charge is 2.38. The third-order valence-corrected chi connectivity index (χ3v) is 7.54. The standard InChI is InChI=1S/C11H23NO2Si/c1-7-11(12,8-13)9-14-15(5,6)10(2,3)4/h1,13H,8-9,12H2,2-6H3/t11-/m0/s1. The van der Waals surface area contributed by atoms with E-state index in [9.17, 15) is 0 Å². The second-order valence-electron chi connectivity index (χ2n) is 5.51. The maximum Gasteiger partial charge on any atom is 0.192 e. The fourth-order valence-electron chi connectivity index (χ4n) is 0.659. The Kier molecular flexibility index (Phi) is 4.56. The van der Waals surface area contributed by atoms with Crippen LogP contribution in [0.15, 0.2) is 0 Å². The molecule has 0 aliphatic rings. The lowest BCUT2D eigenvalue weighted by molar-refractivity contribution is 0.161. The van der Waals surface area contributed by atoms with E-state index in [0.717, 1.165) is 0 Å². The van der Waals surface area contributed by atoms with E-state index in [1.54, 1.807) is 0 Å². The molecule has 0 fully saturated rings. The molecular formula is C11H23NO2Si. The van der Waals surface area contributed by atoms with Crippen LogP contribution in [-0.4, -0.2) is 32.2 Å². The minimum atomic E-state index is -1.83. The van der Waals surface area contributed by atoms with Gasteiger partial charge in [-0.25, -0.2) is 0 Å². The van der Waals surface area contributed by atoms with Gasteiger partial charge in [0.05, 0.1) is 13.2 Å². The van der Waals surface area contributed by atoms with Gasteiger partial charge in [0.15, 0.2) is 8.32 Å². The van der Waals surface area contributed by atoms with E-state index in [-0.39, 0.29) is 18.3 Å². The van der Waals surface area contributed by atoms with E-state index in [4.69, 9.17) is 21.7 Å². The lowest BCUT2D eigenvalue weighted by atomic mass is 10.1. The Labute approximate surface area is 94.1 Å². The molecule has 0 unspecified atom stereocenters. The molecular weight excluding hydrogens is 206 g/mol. The largest absolute Gasteiger partial charge is 0.414 e. The maximum atomic E-state index is 9.05. The van der Waals surface area contributed by atoms with Crippen LogP contribution in [0.5, 0.6) is 0 Å². The van der Waals surface area contributed by atoms with Gasteiger partial charge in [0.1, 0.15) is 5.54 Å². The summed E-state index contributed by atoms with van der Waals surface area (Å²) >= 11 is 0. The number of hydrogen-bond acceptors (Lipinski definition) is 3. The summed E-state index contributed by atoms with van der Waals surface area (Å²) in [5.74, 6) is 2.38. The second-order valence-corrected chi connectivity index (χ2v) is 10.3. The first kappa shape index (κ1) is 14.7. The van der Waals surface area contributed by atoms with E-state index in [2.05, 4.69) is 39.8 Å². The molecule has 88 valence electrons. The van der Waals surface area contributed by atoms with Crippen LogP contribution in [-0.2, 0) is 4.43 Å². The zero-order valence-electron chi connectivity index (χ0n) is 10.4. The molecule has 3 N–H and O–H groups in total. The van der Waals surface area contributed by atoms with Crippen LogP contribution in [0.25, 0.3) is 0 Å². The first-order valence-corrected chi connectivity index (χ1v) is 8.00. The van der Waals surface area contributed by atoms with E-state index in [0.29, 0.717) is 0 Å². The lowest BCUT2D eigenvalue weighted by Crippen LogP contribution is -2.51. The van der Waals surface area contributed by atoms with Crippen molar-refractivity contribution in [1.82, 2.24) is 0 Å². The van der Waals surface area contributed by atoms with Crippen molar-refractivity contribution < 1.29 is 9.53 Å². The van der Waals surface area contributed by atoms with Crippen molar-refractivity contribution in [2.75, 3.05) is 13.2 Å². The van der Waals surface area contributed by atoms with Gasteiger partial charge in [-0.05, 0) is 18.1 Å². The molecule has 0 rings (SSSR count). The number of rotatable bonds is 4. The number of aliphatic hydroxyl groups excluding tert-OH is 1. The van der Waals surface area contributed by atoms with Gasteiger partial charge in [0.25, 0.3) is 0 Å². The van der Waals surface area contributed by atoms with Gasteiger partial charge in [0, 0.05) is 0 Å². The quantitative estimate of drug-likeness (QED) is 0.565. The zero-order valence-corrected chi connectivity index (χ0v) is 11.4. The van der Waals surface area contributed by atoms with Crippen LogP contribution in [0.4, 0.5) is 0 Å². The first-order chi connectivity index (χ1) is 6.58. The summed E-state index contributed by atoms with van der Waals surface area (Å²) in [6, 6.07) is 0. The summed E-state index contributed by atoms with van der Waals surface area (Å²) in [5.41, 5.74) is 4.71. The molecule has 0 saturated carbocycles. The van der Waals surface area contributed by atoms with Crippen molar-refractivity contribution in [2.45, 2.75) is 44.4 Å². The van der Waals surface area contributed by atoms with Gasteiger partial charge in [0.2, 0.25) is 0 Å². The Balaban J connectivity index is 4.47. The summed E-state index contributed by atoms with van der Waals surface area (Å²) in [6.07, 6.45) is 5.26. The van der Waals surface area contributed by atoms with Gasteiger partial charge in [-0.3, -0.25) is 0 Å². The van der Waals surface area contributed by atoms with Crippen molar-refractivity contribution in [2.24, 2.45) is 5.73 Å². The molecule has 0 aliphatic heterocycles. The van der Waals surface area contributed by atoms with E-state index in [1.807, 2.05) is 0 Å². The van der Waals surface area contributed by atoms with Crippen LogP contribution < -0.4 is 5.73 Å². The molecule has 1 atom stereocenters. The van der Waals surface area contributed by atoms with Gasteiger partial charge in [-0.2, -0.15) is 0 Å². The van der Waals surface area contributed by atoms with Crippen LogP contribution in [0, 0.1) is 12.3 Å². The molecule has 0 aliphatic carbocycles. The third-order valence-electron chi connectivity index (χ3n) is 3.07. The number of terminal acetylenes is 1. The number of aliphatic hydroxyl groups is 1. The highest BCUT2D eigenvalue weighted by Crippen LogP contribution is 2.36. The predicted molar refractivity (Wildman–Crippen MR) is 66.0 cm³/mol. The summed E-state index contributed by atoms with van der Waals surface area (Å²) in [4.78, 5) is 0. The fourth-order valence-corrected chi connectivity index (χ4v) is 1.71. The molecule has 15 heavy (non-hydrogen) atoms. The molecule has 0 radical (unpaired) electrons. The normalized spacial score (nSPS) is 16.9. The highest BCUT2D eigenvalue weighted by atomic mass is 28.4. The summed E-state index contributed by atoms with van der Waals surface area (Å²) in [6.45, 7) is 10.7. The molecule has 0 saturated heterocycles. The minimum Gasteiger partial charge on any atom is -0.414 e. The lowest BCUT2D eigenvalue weighted by Gasteiger charge is -2.38. The molecule has 0 aromatic carbocycles. The van der Waals surface area contributed by atoms with Crippen molar-refractivity contribution in [3.8, 4) is 12.3 Å². The Morgan fingerprint density at radius 3 is 2.13 bits per heavy atom. The monoisotopic (exact) mass is 229 g/mol. The van der Waals surface area contributed by atoms with Crippen LogP contribution in [0.1, 0.15) is 20.8 Å². The van der Waals surface area contributed by atoms with Gasteiger partial charge in [-0.1, -0.05) is 26.7 Å². The van der Waals surface area contributed by atoms with Crippen LogP contribution in [0.3, 0.4) is 0 Å². The topological polar surface area (TPSA) is 55.5 Å². The summed E-state index contributed by atoms with van der Waals surface area (Å²) in [7, 11) is -1.83.